The summed E-state index contributed by atoms with van der Waals surface area (Å²) in [6.45, 7) is 8.29. The van der Waals surface area contributed by atoms with E-state index < -0.39 is 0 Å². The zero-order chi connectivity index (χ0) is 12.5. The van der Waals surface area contributed by atoms with Crippen molar-refractivity contribution < 1.29 is 4.79 Å². The van der Waals surface area contributed by atoms with Gasteiger partial charge in [-0.1, -0.05) is 32.1 Å². The van der Waals surface area contributed by atoms with E-state index in [1.165, 1.54) is 0 Å². The van der Waals surface area contributed by atoms with Crippen molar-refractivity contribution in [3.63, 3.8) is 0 Å². The van der Waals surface area contributed by atoms with Gasteiger partial charge in [-0.05, 0) is 23.9 Å². The first-order valence-corrected chi connectivity index (χ1v) is 6.19. The Morgan fingerprint density at radius 2 is 2.00 bits per heavy atom. The van der Waals surface area contributed by atoms with Crippen molar-refractivity contribution in [3.05, 3.63) is 9.47 Å². The third-order valence-electron chi connectivity index (χ3n) is 2.74. The lowest BCUT2D eigenvalue weighted by molar-refractivity contribution is 0.0628. The summed E-state index contributed by atoms with van der Waals surface area (Å²) in [7, 11) is 1.77. The van der Waals surface area contributed by atoms with E-state index in [0.717, 1.165) is 11.3 Å². The van der Waals surface area contributed by atoms with Crippen LogP contribution >= 0.6 is 22.9 Å². The zero-order valence-corrected chi connectivity index (χ0v) is 11.7. The molecule has 1 aromatic rings. The summed E-state index contributed by atoms with van der Waals surface area (Å²) < 4.78 is 0.292. The maximum atomic E-state index is 12.0. The molecule has 0 radical (unpaired) electrons. The Morgan fingerprint density at radius 3 is 2.38 bits per heavy atom. The van der Waals surface area contributed by atoms with Crippen LogP contribution in [0.3, 0.4) is 0 Å². The second-order valence-electron chi connectivity index (χ2n) is 4.82. The molecule has 0 N–H and O–H groups in total. The average Bonchev–Trinajstić information content (AvgIpc) is 2.60. The summed E-state index contributed by atoms with van der Waals surface area (Å²) in [5.74, 6) is -0.133. The van der Waals surface area contributed by atoms with E-state index in [4.69, 9.17) is 11.6 Å². The summed E-state index contributed by atoms with van der Waals surface area (Å²) in [4.78, 5) is 13.7. The Labute approximate surface area is 105 Å². The molecule has 0 aliphatic carbocycles. The second-order valence-corrected chi connectivity index (χ2v) is 6.38. The van der Waals surface area contributed by atoms with Crippen molar-refractivity contribution in [3.8, 4) is 0 Å². The minimum Gasteiger partial charge on any atom is -0.336 e. The molecule has 0 aliphatic heterocycles. The number of nitrogens with zero attached hydrogens (tertiary/aromatic N) is 3. The van der Waals surface area contributed by atoms with Gasteiger partial charge >= 0.3 is 0 Å². The van der Waals surface area contributed by atoms with E-state index in [0.29, 0.717) is 9.47 Å². The van der Waals surface area contributed by atoms with E-state index >= 15 is 0 Å². The average molecular weight is 262 g/mol. The van der Waals surface area contributed by atoms with E-state index in [-0.39, 0.29) is 17.4 Å². The Kier molecular flexibility index (Phi) is 3.91. The van der Waals surface area contributed by atoms with Gasteiger partial charge in [0.15, 0.2) is 0 Å². The van der Waals surface area contributed by atoms with Crippen LogP contribution in [0.15, 0.2) is 0 Å². The van der Waals surface area contributed by atoms with Gasteiger partial charge in [-0.2, -0.15) is 0 Å². The molecule has 0 saturated carbocycles. The van der Waals surface area contributed by atoms with Gasteiger partial charge in [0.1, 0.15) is 0 Å². The fourth-order valence-electron chi connectivity index (χ4n) is 1.20. The normalized spacial score (nSPS) is 13.6. The summed E-state index contributed by atoms with van der Waals surface area (Å²) >= 11 is 6.76. The van der Waals surface area contributed by atoms with E-state index in [1.54, 1.807) is 11.9 Å². The molecule has 0 saturated heterocycles. The van der Waals surface area contributed by atoms with Crippen LogP contribution in [0.2, 0.25) is 4.47 Å². The van der Waals surface area contributed by atoms with Crippen LogP contribution in [0.1, 0.15) is 37.5 Å². The smallest absolute Gasteiger partial charge is 0.284 e. The number of aromatic nitrogens is 2. The number of carbonyl (C=O) groups is 1. The van der Waals surface area contributed by atoms with E-state index in [1.807, 2.05) is 6.92 Å². The van der Waals surface area contributed by atoms with Crippen LogP contribution in [-0.4, -0.2) is 34.1 Å². The highest BCUT2D eigenvalue weighted by Gasteiger charge is 2.29. The molecule has 1 unspecified atom stereocenters. The predicted molar refractivity (Wildman–Crippen MR) is 65.9 cm³/mol. The first-order chi connectivity index (χ1) is 7.23. The number of hydrogen-bond donors (Lipinski definition) is 0. The molecule has 0 spiro atoms. The highest BCUT2D eigenvalue weighted by atomic mass is 35.5. The van der Waals surface area contributed by atoms with Gasteiger partial charge in [0.25, 0.3) is 5.91 Å². The number of rotatable bonds is 2. The van der Waals surface area contributed by atoms with Crippen molar-refractivity contribution in [1.29, 1.82) is 0 Å². The molecule has 4 nitrogen and oxygen atoms in total. The summed E-state index contributed by atoms with van der Waals surface area (Å²) in [6, 6.07) is 0.114. The molecular formula is C10H16ClN3OS. The topological polar surface area (TPSA) is 46.1 Å². The van der Waals surface area contributed by atoms with Crippen LogP contribution in [-0.2, 0) is 0 Å². The standard InChI is InChI=1S/C10H16ClN3OS/c1-6(10(2,3)4)14(5)8(15)7-12-13-9(11)16-7/h6H,1-5H3. The van der Waals surface area contributed by atoms with Gasteiger partial charge in [-0.15, -0.1) is 10.2 Å². The SMILES string of the molecule is CC(N(C)C(=O)c1nnc(Cl)s1)C(C)(C)C. The molecule has 0 aromatic carbocycles. The quantitative estimate of drug-likeness (QED) is 0.822. The maximum Gasteiger partial charge on any atom is 0.284 e. The molecule has 90 valence electrons. The van der Waals surface area contributed by atoms with E-state index in [2.05, 4.69) is 31.0 Å². The summed E-state index contributed by atoms with van der Waals surface area (Å²) in [5.41, 5.74) is 0.0267. The Balaban J connectivity index is 2.83. The zero-order valence-electron chi connectivity index (χ0n) is 10.1. The highest BCUT2D eigenvalue weighted by Crippen LogP contribution is 2.25. The first-order valence-electron chi connectivity index (χ1n) is 4.99. The van der Waals surface area contributed by atoms with Crippen LogP contribution in [0.5, 0.6) is 0 Å². The Morgan fingerprint density at radius 1 is 1.44 bits per heavy atom. The van der Waals surface area contributed by atoms with Crippen LogP contribution in [0, 0.1) is 5.41 Å². The molecule has 1 aromatic heterocycles. The molecule has 1 atom stereocenters. The highest BCUT2D eigenvalue weighted by molar-refractivity contribution is 7.17. The van der Waals surface area contributed by atoms with Gasteiger partial charge in [0, 0.05) is 13.1 Å². The molecule has 6 heteroatoms. The monoisotopic (exact) mass is 261 g/mol. The van der Waals surface area contributed by atoms with Crippen molar-refractivity contribution >= 4 is 28.8 Å². The molecule has 16 heavy (non-hydrogen) atoms. The third-order valence-corrected chi connectivity index (χ3v) is 3.74. The molecule has 1 rings (SSSR count). The molecule has 0 fully saturated rings. The van der Waals surface area contributed by atoms with Crippen molar-refractivity contribution in [1.82, 2.24) is 15.1 Å². The lowest BCUT2D eigenvalue weighted by Crippen LogP contribution is -2.42. The maximum absolute atomic E-state index is 12.0. The van der Waals surface area contributed by atoms with Crippen LogP contribution in [0.25, 0.3) is 0 Å². The van der Waals surface area contributed by atoms with Crippen LogP contribution < -0.4 is 0 Å². The molecular weight excluding hydrogens is 246 g/mol. The van der Waals surface area contributed by atoms with Gasteiger partial charge in [0.2, 0.25) is 9.47 Å². The van der Waals surface area contributed by atoms with Gasteiger partial charge in [0.05, 0.1) is 0 Å². The molecule has 0 bridgehead atoms. The lowest BCUT2D eigenvalue weighted by Gasteiger charge is -2.34. The third kappa shape index (κ3) is 2.92. The fraction of sp³-hybridized carbons (Fsp3) is 0.700. The van der Waals surface area contributed by atoms with Crippen molar-refractivity contribution in [2.24, 2.45) is 5.41 Å². The second kappa shape index (κ2) is 4.67. The predicted octanol–water partition coefficient (Wildman–Crippen LogP) is 2.70. The number of amides is 1. The minimum absolute atomic E-state index is 0.0267. The van der Waals surface area contributed by atoms with Gasteiger partial charge in [-0.25, -0.2) is 0 Å². The Hall–Kier alpha value is -0.680. The van der Waals surface area contributed by atoms with Crippen LogP contribution in [0.4, 0.5) is 0 Å². The number of halogens is 1. The molecule has 1 amide bonds. The van der Waals surface area contributed by atoms with Gasteiger partial charge < -0.3 is 4.90 Å². The first kappa shape index (κ1) is 13.4. The Bertz CT molecular complexity index is 386. The molecule has 1 heterocycles. The van der Waals surface area contributed by atoms with Crippen molar-refractivity contribution in [2.75, 3.05) is 7.05 Å². The number of hydrogen-bond acceptors (Lipinski definition) is 4. The van der Waals surface area contributed by atoms with Crippen molar-refractivity contribution in [2.45, 2.75) is 33.7 Å². The largest absolute Gasteiger partial charge is 0.336 e. The summed E-state index contributed by atoms with van der Waals surface area (Å²) in [6.07, 6.45) is 0. The summed E-state index contributed by atoms with van der Waals surface area (Å²) in [5, 5.41) is 7.71. The molecule has 0 aliphatic rings. The lowest BCUT2D eigenvalue weighted by atomic mass is 9.87. The van der Waals surface area contributed by atoms with E-state index in [9.17, 15) is 4.79 Å². The fourth-order valence-corrected chi connectivity index (χ4v) is 2.01. The van der Waals surface area contributed by atoms with Gasteiger partial charge in [-0.3, -0.25) is 4.79 Å². The number of carbonyl (C=O) groups excluding carboxylic acids is 1. The minimum atomic E-state index is -0.133.